The zero-order valence-corrected chi connectivity index (χ0v) is 20.9. The van der Waals surface area contributed by atoms with Gasteiger partial charge in [-0.2, -0.15) is 4.31 Å². The second-order valence-corrected chi connectivity index (χ2v) is 10.8. The van der Waals surface area contributed by atoms with Crippen LogP contribution in [0.25, 0.3) is 0 Å². The van der Waals surface area contributed by atoms with Crippen molar-refractivity contribution in [1.29, 1.82) is 0 Å². The fraction of sp³-hybridized carbons (Fsp3) is 0.480. The molecule has 0 atom stereocenters. The second kappa shape index (κ2) is 11.5. The summed E-state index contributed by atoms with van der Waals surface area (Å²) in [5, 5.41) is 3.80. The summed E-state index contributed by atoms with van der Waals surface area (Å²) in [7, 11) is -3.50. The van der Waals surface area contributed by atoms with E-state index in [-0.39, 0.29) is 16.2 Å². The number of halogens is 1. The molecule has 2 aromatic rings. The summed E-state index contributed by atoms with van der Waals surface area (Å²) >= 11 is 6.04. The third-order valence-electron chi connectivity index (χ3n) is 6.61. The fourth-order valence-electron chi connectivity index (χ4n) is 4.19. The summed E-state index contributed by atoms with van der Waals surface area (Å²) in [6.07, 6.45) is 2.71. The first-order chi connectivity index (χ1) is 15.8. The maximum atomic E-state index is 12.7. The number of aryl methyl sites for hydroxylation is 1. The van der Waals surface area contributed by atoms with Crippen LogP contribution >= 0.6 is 11.6 Å². The number of carbonyl (C=O) groups is 1. The number of nitrogens with one attached hydrogen (secondary N) is 1. The van der Waals surface area contributed by atoms with Gasteiger partial charge in [-0.3, -0.25) is 4.79 Å². The monoisotopic (exact) mass is 492 g/mol. The minimum Gasteiger partial charge on any atom is -0.379 e. The lowest BCUT2D eigenvalue weighted by Crippen LogP contribution is -2.40. The van der Waals surface area contributed by atoms with Crippen LogP contribution in [0.2, 0.25) is 5.02 Å². The SMILES string of the molecule is CCC(CC)(CNC(=O)CCc1ccc(S(=O)(=O)N2CCOCC2)cc1)c1ccc(Cl)cc1. The number of amides is 1. The van der Waals surface area contributed by atoms with E-state index in [1.807, 2.05) is 24.3 Å². The van der Waals surface area contributed by atoms with Gasteiger partial charge in [0.1, 0.15) is 0 Å². The van der Waals surface area contributed by atoms with Gasteiger partial charge in [0, 0.05) is 36.5 Å². The Balaban J connectivity index is 1.55. The van der Waals surface area contributed by atoms with Crippen LogP contribution in [0.4, 0.5) is 0 Å². The predicted molar refractivity (Wildman–Crippen MR) is 131 cm³/mol. The minimum atomic E-state index is -3.50. The van der Waals surface area contributed by atoms with Crippen molar-refractivity contribution in [1.82, 2.24) is 9.62 Å². The largest absolute Gasteiger partial charge is 0.379 e. The van der Waals surface area contributed by atoms with Crippen molar-refractivity contribution in [2.24, 2.45) is 0 Å². The number of nitrogens with zero attached hydrogens (tertiary/aromatic N) is 1. The first-order valence-corrected chi connectivity index (χ1v) is 13.3. The second-order valence-electron chi connectivity index (χ2n) is 8.43. The van der Waals surface area contributed by atoms with Crippen LogP contribution in [0.1, 0.15) is 44.2 Å². The molecule has 6 nitrogen and oxygen atoms in total. The number of rotatable bonds is 10. The van der Waals surface area contributed by atoms with Gasteiger partial charge < -0.3 is 10.1 Å². The molecule has 1 aliphatic heterocycles. The summed E-state index contributed by atoms with van der Waals surface area (Å²) in [5.74, 6) is -0.0137. The first kappa shape index (κ1) is 25.7. The van der Waals surface area contributed by atoms with Gasteiger partial charge in [-0.05, 0) is 54.7 Å². The standard InChI is InChI=1S/C25H33ClN2O4S/c1-3-25(4-2,21-8-10-22(26)11-9-21)19-27-24(29)14-7-20-5-12-23(13-6-20)33(30,31)28-15-17-32-18-16-28/h5-6,8-13H,3-4,7,14-19H2,1-2H3,(H,27,29). The van der Waals surface area contributed by atoms with Crippen LogP contribution in [0.3, 0.4) is 0 Å². The molecular weight excluding hydrogens is 460 g/mol. The van der Waals surface area contributed by atoms with Gasteiger partial charge in [0.2, 0.25) is 15.9 Å². The molecule has 1 aliphatic rings. The number of hydrogen-bond acceptors (Lipinski definition) is 4. The molecule has 0 unspecified atom stereocenters. The third-order valence-corrected chi connectivity index (χ3v) is 8.77. The molecule has 3 rings (SSSR count). The van der Waals surface area contributed by atoms with Crippen molar-refractivity contribution in [2.45, 2.75) is 49.8 Å². The quantitative estimate of drug-likeness (QED) is 0.540. The number of carbonyl (C=O) groups excluding carboxylic acids is 1. The molecule has 1 saturated heterocycles. The average molecular weight is 493 g/mol. The van der Waals surface area contributed by atoms with E-state index in [1.165, 1.54) is 9.87 Å². The van der Waals surface area contributed by atoms with Gasteiger partial charge in [-0.25, -0.2) is 8.42 Å². The Morgan fingerprint density at radius 3 is 2.21 bits per heavy atom. The molecule has 180 valence electrons. The van der Waals surface area contributed by atoms with Crippen molar-refractivity contribution >= 4 is 27.5 Å². The molecular formula is C25H33ClN2O4S. The van der Waals surface area contributed by atoms with E-state index < -0.39 is 10.0 Å². The van der Waals surface area contributed by atoms with Gasteiger partial charge in [0.25, 0.3) is 0 Å². The number of sulfonamides is 1. The number of hydrogen-bond donors (Lipinski definition) is 1. The zero-order chi connectivity index (χ0) is 23.9. The molecule has 0 aromatic heterocycles. The average Bonchev–Trinajstić information content (AvgIpc) is 2.85. The first-order valence-electron chi connectivity index (χ1n) is 11.5. The van der Waals surface area contributed by atoms with Gasteiger partial charge in [-0.1, -0.05) is 49.7 Å². The van der Waals surface area contributed by atoms with E-state index in [4.69, 9.17) is 16.3 Å². The van der Waals surface area contributed by atoms with Crippen LogP contribution in [-0.4, -0.2) is 51.5 Å². The van der Waals surface area contributed by atoms with Gasteiger partial charge in [0.15, 0.2) is 0 Å². The van der Waals surface area contributed by atoms with Crippen LogP contribution in [0.5, 0.6) is 0 Å². The molecule has 0 bridgehead atoms. The number of ether oxygens (including phenoxy) is 1. The lowest BCUT2D eigenvalue weighted by atomic mass is 9.76. The molecule has 0 spiro atoms. The topological polar surface area (TPSA) is 75.7 Å². The normalized spacial score (nSPS) is 15.4. The van der Waals surface area contributed by atoms with Crippen molar-refractivity contribution in [3.8, 4) is 0 Å². The highest BCUT2D eigenvalue weighted by molar-refractivity contribution is 7.89. The highest BCUT2D eigenvalue weighted by Gasteiger charge is 2.29. The number of morpholine rings is 1. The van der Waals surface area contributed by atoms with E-state index in [2.05, 4.69) is 19.2 Å². The van der Waals surface area contributed by atoms with Crippen LogP contribution < -0.4 is 5.32 Å². The molecule has 2 aromatic carbocycles. The molecule has 1 heterocycles. The minimum absolute atomic E-state index is 0.0137. The van der Waals surface area contributed by atoms with Gasteiger partial charge in [0.05, 0.1) is 18.1 Å². The predicted octanol–water partition coefficient (Wildman–Crippen LogP) is 4.17. The Kier molecular flexibility index (Phi) is 8.93. The van der Waals surface area contributed by atoms with Crippen molar-refractivity contribution in [3.05, 3.63) is 64.7 Å². The molecule has 1 amide bonds. The summed E-state index contributed by atoms with van der Waals surface area (Å²) in [5.41, 5.74) is 1.98. The Labute approximate surface area is 202 Å². The smallest absolute Gasteiger partial charge is 0.243 e. The van der Waals surface area contributed by atoms with Crippen molar-refractivity contribution < 1.29 is 17.9 Å². The Bertz CT molecular complexity index is 1010. The molecule has 33 heavy (non-hydrogen) atoms. The third kappa shape index (κ3) is 6.35. The van der Waals surface area contributed by atoms with E-state index >= 15 is 0 Å². The van der Waals surface area contributed by atoms with E-state index in [0.717, 1.165) is 18.4 Å². The lowest BCUT2D eigenvalue weighted by Gasteiger charge is -2.32. The van der Waals surface area contributed by atoms with Crippen LogP contribution in [0, 0.1) is 0 Å². The van der Waals surface area contributed by atoms with E-state index in [1.54, 1.807) is 24.3 Å². The molecule has 1 N–H and O–H groups in total. The van der Waals surface area contributed by atoms with E-state index in [9.17, 15) is 13.2 Å². The molecule has 0 aliphatic carbocycles. The Morgan fingerprint density at radius 2 is 1.64 bits per heavy atom. The highest BCUT2D eigenvalue weighted by Crippen LogP contribution is 2.32. The molecule has 8 heteroatoms. The highest BCUT2D eigenvalue weighted by atomic mass is 35.5. The van der Waals surface area contributed by atoms with Gasteiger partial charge >= 0.3 is 0 Å². The molecule has 1 fully saturated rings. The van der Waals surface area contributed by atoms with E-state index in [0.29, 0.717) is 50.7 Å². The molecule has 0 saturated carbocycles. The lowest BCUT2D eigenvalue weighted by molar-refractivity contribution is -0.121. The van der Waals surface area contributed by atoms with Crippen molar-refractivity contribution in [2.75, 3.05) is 32.8 Å². The maximum absolute atomic E-state index is 12.7. The molecule has 0 radical (unpaired) electrons. The fourth-order valence-corrected chi connectivity index (χ4v) is 5.73. The summed E-state index contributed by atoms with van der Waals surface area (Å²) in [4.78, 5) is 12.8. The van der Waals surface area contributed by atoms with Crippen LogP contribution in [-0.2, 0) is 31.4 Å². The zero-order valence-electron chi connectivity index (χ0n) is 19.3. The summed E-state index contributed by atoms with van der Waals surface area (Å²) < 4.78 is 32.2. The van der Waals surface area contributed by atoms with Crippen LogP contribution in [0.15, 0.2) is 53.4 Å². The maximum Gasteiger partial charge on any atom is 0.243 e. The summed E-state index contributed by atoms with van der Waals surface area (Å²) in [6, 6.07) is 14.7. The van der Waals surface area contributed by atoms with Crippen molar-refractivity contribution in [3.63, 3.8) is 0 Å². The van der Waals surface area contributed by atoms with Gasteiger partial charge in [-0.15, -0.1) is 0 Å². The summed E-state index contributed by atoms with van der Waals surface area (Å²) in [6.45, 7) is 6.42. The number of benzene rings is 2. The Hall–Kier alpha value is -1.93. The Morgan fingerprint density at radius 1 is 1.03 bits per heavy atom.